The van der Waals surface area contributed by atoms with Crippen molar-refractivity contribution in [3.63, 3.8) is 0 Å². The van der Waals surface area contributed by atoms with E-state index in [2.05, 4.69) is 10.3 Å². The van der Waals surface area contributed by atoms with Gasteiger partial charge in [-0.2, -0.15) is 0 Å². The summed E-state index contributed by atoms with van der Waals surface area (Å²) in [4.78, 5) is 17.4. The molecule has 0 aliphatic heterocycles. The third-order valence-corrected chi connectivity index (χ3v) is 8.11. The number of hydrogen-bond donors (Lipinski definition) is 1. The summed E-state index contributed by atoms with van der Waals surface area (Å²) in [5, 5.41) is 5.02. The fourth-order valence-electron chi connectivity index (χ4n) is 3.62. The van der Waals surface area contributed by atoms with Crippen LogP contribution in [0.25, 0.3) is 11.3 Å². The molecule has 1 heterocycles. The second-order valence-electron chi connectivity index (χ2n) is 7.59. The summed E-state index contributed by atoms with van der Waals surface area (Å²) < 4.78 is 38.3. The number of anilines is 2. The highest BCUT2D eigenvalue weighted by Gasteiger charge is 2.24. The van der Waals surface area contributed by atoms with E-state index in [0.717, 1.165) is 5.56 Å². The van der Waals surface area contributed by atoms with Crippen LogP contribution in [0.2, 0.25) is 0 Å². The number of rotatable bonds is 9. The lowest BCUT2D eigenvalue weighted by Gasteiger charge is -2.22. The minimum atomic E-state index is -3.77. The molecule has 186 valence electrons. The zero-order valence-electron chi connectivity index (χ0n) is 20.0. The molecule has 8 nitrogen and oxygen atoms in total. The molecule has 0 aliphatic rings. The molecule has 0 aliphatic carbocycles. The van der Waals surface area contributed by atoms with Crippen molar-refractivity contribution >= 4 is 38.1 Å². The number of methoxy groups -OCH3 is 2. The van der Waals surface area contributed by atoms with Crippen LogP contribution in [0.15, 0.2) is 83.1 Å². The second kappa shape index (κ2) is 10.8. The van der Waals surface area contributed by atoms with Gasteiger partial charge in [-0.15, -0.1) is 11.3 Å². The van der Waals surface area contributed by atoms with Gasteiger partial charge < -0.3 is 9.47 Å². The first-order chi connectivity index (χ1) is 17.4. The maximum atomic E-state index is 13.2. The molecule has 3 aromatic carbocycles. The van der Waals surface area contributed by atoms with Crippen molar-refractivity contribution in [3.8, 4) is 22.8 Å². The molecule has 0 spiro atoms. The van der Waals surface area contributed by atoms with Gasteiger partial charge in [-0.1, -0.05) is 18.2 Å². The van der Waals surface area contributed by atoms with Crippen LogP contribution in [0.4, 0.5) is 10.8 Å². The summed E-state index contributed by atoms with van der Waals surface area (Å²) >= 11 is 1.29. The van der Waals surface area contributed by atoms with E-state index < -0.39 is 10.0 Å². The summed E-state index contributed by atoms with van der Waals surface area (Å²) in [5.41, 5.74) is 2.39. The number of hydrogen-bond acceptors (Lipinski definition) is 7. The molecule has 1 N–H and O–H groups in total. The minimum Gasteiger partial charge on any atom is -0.493 e. The van der Waals surface area contributed by atoms with Gasteiger partial charge in [0.05, 0.1) is 30.5 Å². The molecule has 4 aromatic rings. The van der Waals surface area contributed by atoms with Gasteiger partial charge in [0.2, 0.25) is 0 Å². The first kappa shape index (κ1) is 25.2. The predicted molar refractivity (Wildman–Crippen MR) is 142 cm³/mol. The minimum absolute atomic E-state index is 0.106. The Hall–Kier alpha value is -3.89. The van der Waals surface area contributed by atoms with Crippen LogP contribution in [0.1, 0.15) is 17.3 Å². The summed E-state index contributed by atoms with van der Waals surface area (Å²) in [6.45, 7) is 2.05. The summed E-state index contributed by atoms with van der Waals surface area (Å²) in [7, 11) is -0.641. The van der Waals surface area contributed by atoms with Crippen LogP contribution in [0.5, 0.6) is 11.5 Å². The van der Waals surface area contributed by atoms with E-state index in [1.807, 2.05) is 23.6 Å². The number of sulfonamides is 1. The van der Waals surface area contributed by atoms with Gasteiger partial charge in [0.15, 0.2) is 16.6 Å². The Balaban J connectivity index is 1.49. The molecule has 4 rings (SSSR count). The molecule has 1 aromatic heterocycles. The number of aromatic nitrogens is 1. The standard InChI is InChI=1S/C26H25N3O5S2/c1-4-29(20-8-6-5-7-9-20)36(31,32)21-13-10-18(11-14-21)25(30)28-26-27-22(17-35-26)19-12-15-23(33-2)24(16-19)34-3/h5-17H,4H2,1-3H3,(H,27,28,30). The predicted octanol–water partition coefficient (Wildman–Crippen LogP) is 5.29. The number of benzene rings is 3. The number of carbonyl (C=O) groups is 1. The lowest BCUT2D eigenvalue weighted by atomic mass is 10.1. The molecule has 0 unspecified atom stereocenters. The summed E-state index contributed by atoms with van der Waals surface area (Å²) in [6.07, 6.45) is 0. The van der Waals surface area contributed by atoms with E-state index in [9.17, 15) is 13.2 Å². The van der Waals surface area contributed by atoms with E-state index in [-0.39, 0.29) is 17.3 Å². The molecule has 0 atom stereocenters. The quantitative estimate of drug-likeness (QED) is 0.320. The number of nitrogens with zero attached hydrogens (tertiary/aromatic N) is 2. The highest BCUT2D eigenvalue weighted by Crippen LogP contribution is 2.33. The van der Waals surface area contributed by atoms with Gasteiger partial charge in [-0.25, -0.2) is 13.4 Å². The van der Waals surface area contributed by atoms with Crippen molar-refractivity contribution in [2.75, 3.05) is 30.4 Å². The fourth-order valence-corrected chi connectivity index (χ4v) is 5.81. The van der Waals surface area contributed by atoms with Crippen molar-refractivity contribution in [1.29, 1.82) is 0 Å². The number of thiazole rings is 1. The smallest absolute Gasteiger partial charge is 0.264 e. The Kier molecular flexibility index (Phi) is 7.56. The number of amides is 1. The second-order valence-corrected chi connectivity index (χ2v) is 10.3. The highest BCUT2D eigenvalue weighted by atomic mass is 32.2. The zero-order valence-corrected chi connectivity index (χ0v) is 21.6. The monoisotopic (exact) mass is 523 g/mol. The maximum absolute atomic E-state index is 13.2. The highest BCUT2D eigenvalue weighted by molar-refractivity contribution is 7.92. The SMILES string of the molecule is CCN(c1ccccc1)S(=O)(=O)c1ccc(C(=O)Nc2nc(-c3ccc(OC)c(OC)c3)cs2)cc1. The van der Waals surface area contributed by atoms with Gasteiger partial charge in [0.25, 0.3) is 15.9 Å². The van der Waals surface area contributed by atoms with Crippen molar-refractivity contribution in [3.05, 3.63) is 83.7 Å². The lowest BCUT2D eigenvalue weighted by Crippen LogP contribution is -2.30. The third-order valence-electron chi connectivity index (χ3n) is 5.44. The molecule has 0 bridgehead atoms. The van der Waals surface area contributed by atoms with E-state index in [0.29, 0.717) is 33.6 Å². The molecule has 1 amide bonds. The van der Waals surface area contributed by atoms with Crippen LogP contribution in [-0.2, 0) is 10.0 Å². The number of para-hydroxylation sites is 1. The molecule has 36 heavy (non-hydrogen) atoms. The average Bonchev–Trinajstić information content (AvgIpc) is 3.37. The third kappa shape index (κ3) is 5.19. The summed E-state index contributed by atoms with van der Waals surface area (Å²) in [6, 6.07) is 20.2. The van der Waals surface area contributed by atoms with Gasteiger partial charge in [0, 0.05) is 23.1 Å². The molecular weight excluding hydrogens is 498 g/mol. The van der Waals surface area contributed by atoms with Gasteiger partial charge in [-0.05, 0) is 61.5 Å². The Labute approximate surface area is 214 Å². The Morgan fingerprint density at radius 1 is 0.972 bits per heavy atom. The zero-order chi connectivity index (χ0) is 25.7. The molecule has 0 saturated carbocycles. The summed E-state index contributed by atoms with van der Waals surface area (Å²) in [5.74, 6) is 0.807. The van der Waals surface area contributed by atoms with Gasteiger partial charge in [-0.3, -0.25) is 14.4 Å². The molecule has 0 radical (unpaired) electrons. The fraction of sp³-hybridized carbons (Fsp3) is 0.154. The molecular formula is C26H25N3O5S2. The van der Waals surface area contributed by atoms with Crippen LogP contribution in [0.3, 0.4) is 0 Å². The van der Waals surface area contributed by atoms with Gasteiger partial charge in [0.1, 0.15) is 0 Å². The normalized spacial score (nSPS) is 11.1. The van der Waals surface area contributed by atoms with Crippen molar-refractivity contribution in [2.24, 2.45) is 0 Å². The first-order valence-corrected chi connectivity index (χ1v) is 13.4. The Morgan fingerprint density at radius 3 is 2.31 bits per heavy atom. The van der Waals surface area contributed by atoms with Crippen molar-refractivity contribution < 1.29 is 22.7 Å². The van der Waals surface area contributed by atoms with Gasteiger partial charge >= 0.3 is 0 Å². The topological polar surface area (TPSA) is 97.8 Å². The van der Waals surface area contributed by atoms with Crippen LogP contribution < -0.4 is 19.1 Å². The van der Waals surface area contributed by atoms with Crippen LogP contribution >= 0.6 is 11.3 Å². The van der Waals surface area contributed by atoms with E-state index in [1.165, 1.54) is 39.9 Å². The van der Waals surface area contributed by atoms with E-state index in [4.69, 9.17) is 9.47 Å². The molecule has 10 heteroatoms. The largest absolute Gasteiger partial charge is 0.493 e. The van der Waals surface area contributed by atoms with Crippen LogP contribution in [-0.4, -0.2) is 40.1 Å². The van der Waals surface area contributed by atoms with Crippen molar-refractivity contribution in [1.82, 2.24) is 4.98 Å². The van der Waals surface area contributed by atoms with E-state index in [1.54, 1.807) is 51.5 Å². The maximum Gasteiger partial charge on any atom is 0.264 e. The van der Waals surface area contributed by atoms with Crippen molar-refractivity contribution in [2.45, 2.75) is 11.8 Å². The first-order valence-electron chi connectivity index (χ1n) is 11.0. The Bertz CT molecular complexity index is 1450. The lowest BCUT2D eigenvalue weighted by molar-refractivity contribution is 0.102. The molecule has 0 fully saturated rings. The van der Waals surface area contributed by atoms with E-state index >= 15 is 0 Å². The molecule has 0 saturated heterocycles. The number of ether oxygens (including phenoxy) is 2. The number of nitrogens with one attached hydrogen (secondary N) is 1. The van der Waals surface area contributed by atoms with Crippen LogP contribution in [0, 0.1) is 0 Å². The Morgan fingerprint density at radius 2 is 1.67 bits per heavy atom. The number of carbonyl (C=O) groups excluding carboxylic acids is 1. The average molecular weight is 524 g/mol.